The lowest BCUT2D eigenvalue weighted by Crippen LogP contribution is -2.35. The molecule has 1 N–H and O–H groups in total. The third kappa shape index (κ3) is 2.60. The van der Waals surface area contributed by atoms with Crippen molar-refractivity contribution in [3.8, 4) is 0 Å². The number of amides is 1. The normalized spacial score (nSPS) is 19.4. The Labute approximate surface area is 106 Å². The van der Waals surface area contributed by atoms with E-state index in [9.17, 15) is 4.79 Å². The van der Waals surface area contributed by atoms with Crippen LogP contribution in [0.4, 0.5) is 4.79 Å². The molecule has 0 bridgehead atoms. The third-order valence-electron chi connectivity index (χ3n) is 2.55. The molecular formula is C11H13Cl2NO2. The Morgan fingerprint density at radius 2 is 2.25 bits per heavy atom. The van der Waals surface area contributed by atoms with Crippen LogP contribution in [0.1, 0.15) is 23.6 Å². The van der Waals surface area contributed by atoms with Gasteiger partial charge in [-0.15, -0.1) is 12.4 Å². The SMILES string of the molecule is Cc1cccc(Cl)c1[C@@H]1CCOC(=O)N1.Cl. The highest BCUT2D eigenvalue weighted by molar-refractivity contribution is 6.31. The van der Waals surface area contributed by atoms with Crippen molar-refractivity contribution in [2.75, 3.05) is 6.61 Å². The molecule has 1 aromatic carbocycles. The van der Waals surface area contributed by atoms with Gasteiger partial charge in [0, 0.05) is 11.4 Å². The fourth-order valence-electron chi connectivity index (χ4n) is 1.83. The molecule has 0 spiro atoms. The Morgan fingerprint density at radius 1 is 1.50 bits per heavy atom. The Bertz CT molecular complexity index is 375. The van der Waals surface area contributed by atoms with E-state index in [1.54, 1.807) is 0 Å². The maximum Gasteiger partial charge on any atom is 0.407 e. The summed E-state index contributed by atoms with van der Waals surface area (Å²) >= 11 is 6.12. The van der Waals surface area contributed by atoms with Crippen LogP contribution in [-0.2, 0) is 4.74 Å². The minimum atomic E-state index is -0.370. The van der Waals surface area contributed by atoms with Gasteiger partial charge < -0.3 is 10.1 Å². The van der Waals surface area contributed by atoms with Gasteiger partial charge in [-0.05, 0) is 24.1 Å². The molecule has 1 aromatic rings. The van der Waals surface area contributed by atoms with Crippen molar-refractivity contribution in [3.05, 3.63) is 34.3 Å². The molecule has 1 aliphatic heterocycles. The number of rotatable bonds is 1. The predicted octanol–water partition coefficient (Wildman–Crippen LogP) is 3.24. The van der Waals surface area contributed by atoms with Gasteiger partial charge in [0.2, 0.25) is 0 Å². The fourth-order valence-corrected chi connectivity index (χ4v) is 2.18. The zero-order valence-electron chi connectivity index (χ0n) is 8.83. The highest BCUT2D eigenvalue weighted by Gasteiger charge is 2.23. The Balaban J connectivity index is 0.00000128. The monoisotopic (exact) mass is 261 g/mol. The van der Waals surface area contributed by atoms with Crippen LogP contribution in [-0.4, -0.2) is 12.7 Å². The Kier molecular flexibility index (Phi) is 4.44. The summed E-state index contributed by atoms with van der Waals surface area (Å²) in [5, 5.41) is 3.47. The zero-order valence-corrected chi connectivity index (χ0v) is 10.4. The van der Waals surface area contributed by atoms with E-state index >= 15 is 0 Å². The molecule has 1 fully saturated rings. The van der Waals surface area contributed by atoms with Crippen LogP contribution >= 0.6 is 24.0 Å². The molecule has 3 nitrogen and oxygen atoms in total. The van der Waals surface area contributed by atoms with Gasteiger partial charge in [0.05, 0.1) is 12.6 Å². The van der Waals surface area contributed by atoms with Crippen LogP contribution in [0.15, 0.2) is 18.2 Å². The predicted molar refractivity (Wildman–Crippen MR) is 65.3 cm³/mol. The first kappa shape index (κ1) is 13.1. The molecule has 1 atom stereocenters. The van der Waals surface area contributed by atoms with Crippen LogP contribution in [0.3, 0.4) is 0 Å². The first-order valence-corrected chi connectivity index (χ1v) is 5.24. The van der Waals surface area contributed by atoms with E-state index in [0.29, 0.717) is 11.6 Å². The quantitative estimate of drug-likeness (QED) is 0.843. The lowest BCUT2D eigenvalue weighted by Gasteiger charge is -2.25. The molecule has 2 rings (SSSR count). The number of nitrogens with one attached hydrogen (secondary N) is 1. The average molecular weight is 262 g/mol. The van der Waals surface area contributed by atoms with Gasteiger partial charge in [-0.1, -0.05) is 23.7 Å². The van der Waals surface area contributed by atoms with Gasteiger partial charge >= 0.3 is 6.09 Å². The molecule has 1 amide bonds. The van der Waals surface area contributed by atoms with E-state index in [-0.39, 0.29) is 24.5 Å². The third-order valence-corrected chi connectivity index (χ3v) is 2.88. The van der Waals surface area contributed by atoms with Crippen LogP contribution < -0.4 is 5.32 Å². The van der Waals surface area contributed by atoms with Crippen molar-refractivity contribution in [1.82, 2.24) is 5.32 Å². The van der Waals surface area contributed by atoms with Crippen molar-refractivity contribution in [2.24, 2.45) is 0 Å². The summed E-state index contributed by atoms with van der Waals surface area (Å²) in [5.74, 6) is 0. The van der Waals surface area contributed by atoms with Crippen molar-refractivity contribution in [1.29, 1.82) is 0 Å². The highest BCUT2D eigenvalue weighted by Crippen LogP contribution is 2.29. The maximum atomic E-state index is 11.1. The van der Waals surface area contributed by atoms with E-state index in [1.807, 2.05) is 25.1 Å². The topological polar surface area (TPSA) is 38.3 Å². The van der Waals surface area contributed by atoms with E-state index in [4.69, 9.17) is 16.3 Å². The average Bonchev–Trinajstić information content (AvgIpc) is 2.17. The van der Waals surface area contributed by atoms with Crippen LogP contribution in [0.5, 0.6) is 0 Å². The van der Waals surface area contributed by atoms with Crippen molar-refractivity contribution < 1.29 is 9.53 Å². The van der Waals surface area contributed by atoms with E-state index in [2.05, 4.69) is 5.32 Å². The molecule has 0 radical (unpaired) electrons. The minimum absolute atomic E-state index is 0. The molecule has 1 heterocycles. The van der Waals surface area contributed by atoms with Gasteiger partial charge in [0.1, 0.15) is 0 Å². The number of ether oxygens (including phenoxy) is 1. The molecule has 5 heteroatoms. The number of halogens is 2. The second kappa shape index (κ2) is 5.41. The first-order valence-electron chi connectivity index (χ1n) is 4.87. The van der Waals surface area contributed by atoms with Gasteiger partial charge in [-0.25, -0.2) is 4.79 Å². The number of alkyl carbamates (subject to hydrolysis) is 1. The van der Waals surface area contributed by atoms with Gasteiger partial charge in [-0.3, -0.25) is 0 Å². The number of aryl methyl sites for hydroxylation is 1. The number of carbonyl (C=O) groups is 1. The summed E-state index contributed by atoms with van der Waals surface area (Å²) in [5.41, 5.74) is 2.09. The maximum absolute atomic E-state index is 11.1. The highest BCUT2D eigenvalue weighted by atomic mass is 35.5. The van der Waals surface area contributed by atoms with Crippen LogP contribution in [0.2, 0.25) is 5.02 Å². The number of carbonyl (C=O) groups excluding carboxylic acids is 1. The number of hydrogen-bond donors (Lipinski definition) is 1. The molecule has 0 unspecified atom stereocenters. The number of hydrogen-bond acceptors (Lipinski definition) is 2. The summed E-state index contributed by atoms with van der Waals surface area (Å²) in [7, 11) is 0. The van der Waals surface area contributed by atoms with Crippen molar-refractivity contribution in [3.63, 3.8) is 0 Å². The fraction of sp³-hybridized carbons (Fsp3) is 0.364. The second-order valence-corrected chi connectivity index (χ2v) is 4.00. The summed E-state index contributed by atoms with van der Waals surface area (Å²) in [6.07, 6.45) is 0.390. The van der Waals surface area contributed by atoms with Crippen LogP contribution in [0, 0.1) is 6.92 Å². The van der Waals surface area contributed by atoms with Crippen molar-refractivity contribution in [2.45, 2.75) is 19.4 Å². The summed E-state index contributed by atoms with van der Waals surface area (Å²) in [6, 6.07) is 5.70. The molecule has 16 heavy (non-hydrogen) atoms. The van der Waals surface area contributed by atoms with E-state index in [1.165, 1.54) is 0 Å². The molecular weight excluding hydrogens is 249 g/mol. The Morgan fingerprint density at radius 3 is 2.88 bits per heavy atom. The van der Waals surface area contributed by atoms with Gasteiger partial charge in [-0.2, -0.15) is 0 Å². The number of cyclic esters (lactones) is 1. The molecule has 1 saturated heterocycles. The van der Waals surface area contributed by atoms with Gasteiger partial charge in [0.15, 0.2) is 0 Å². The molecule has 88 valence electrons. The van der Waals surface area contributed by atoms with Gasteiger partial charge in [0.25, 0.3) is 0 Å². The summed E-state index contributed by atoms with van der Waals surface area (Å²) in [6.45, 7) is 2.43. The standard InChI is InChI=1S/C11H12ClNO2.ClH/c1-7-3-2-4-8(12)10(7)9-5-6-15-11(14)13-9;/h2-4,9H,5-6H2,1H3,(H,13,14);1H/t9-;/m0./s1. The second-order valence-electron chi connectivity index (χ2n) is 3.59. The molecule has 0 saturated carbocycles. The summed E-state index contributed by atoms with van der Waals surface area (Å²) < 4.78 is 4.82. The molecule has 0 aromatic heterocycles. The smallest absolute Gasteiger partial charge is 0.407 e. The molecule has 0 aliphatic carbocycles. The zero-order chi connectivity index (χ0) is 10.8. The van der Waals surface area contributed by atoms with E-state index in [0.717, 1.165) is 17.5 Å². The molecule has 1 aliphatic rings. The minimum Gasteiger partial charge on any atom is -0.449 e. The van der Waals surface area contributed by atoms with Crippen molar-refractivity contribution >= 4 is 30.1 Å². The van der Waals surface area contributed by atoms with Crippen LogP contribution in [0.25, 0.3) is 0 Å². The largest absolute Gasteiger partial charge is 0.449 e. The summed E-state index contributed by atoms with van der Waals surface area (Å²) in [4.78, 5) is 11.1. The van der Waals surface area contributed by atoms with E-state index < -0.39 is 0 Å². The Hall–Kier alpha value is -0.930. The lowest BCUT2D eigenvalue weighted by atomic mass is 9.98. The first-order chi connectivity index (χ1) is 7.18. The number of benzene rings is 1. The lowest BCUT2D eigenvalue weighted by molar-refractivity contribution is 0.115.